The molecule has 0 aliphatic rings. The Labute approximate surface area is 187 Å². The maximum Gasteiger partial charge on any atom is 0.418 e. The van der Waals surface area contributed by atoms with E-state index in [1.165, 1.54) is 16.8 Å². The first-order chi connectivity index (χ1) is 14.8. The van der Waals surface area contributed by atoms with E-state index in [-0.39, 0.29) is 5.43 Å². The van der Waals surface area contributed by atoms with Crippen LogP contribution in [0.15, 0.2) is 59.5 Å². The van der Waals surface area contributed by atoms with Gasteiger partial charge in [-0.1, -0.05) is 58.0 Å². The maximum atomic E-state index is 14.1. The molecule has 0 saturated carbocycles. The van der Waals surface area contributed by atoms with Crippen molar-refractivity contribution in [2.24, 2.45) is 0 Å². The molecular formula is C26H32F3NO2. The van der Waals surface area contributed by atoms with E-state index < -0.39 is 30.2 Å². The highest BCUT2D eigenvalue weighted by Crippen LogP contribution is 2.42. The highest BCUT2D eigenvalue weighted by atomic mass is 19.4. The molecule has 0 fully saturated rings. The molecule has 3 rings (SSSR count). The van der Waals surface area contributed by atoms with Gasteiger partial charge in [-0.15, -0.1) is 0 Å². The number of fused-ring (bicyclic) bond motifs is 1. The molecule has 1 unspecified atom stereocenters. The predicted octanol–water partition coefficient (Wildman–Crippen LogP) is 6.31. The summed E-state index contributed by atoms with van der Waals surface area (Å²) in [6.07, 6.45) is -4.06. The van der Waals surface area contributed by atoms with Gasteiger partial charge in [-0.05, 0) is 54.5 Å². The number of nitrogens with zero attached hydrogens (tertiary/aromatic N) is 1. The third kappa shape index (κ3) is 5.23. The lowest BCUT2D eigenvalue weighted by atomic mass is 9.74. The molecule has 0 aliphatic carbocycles. The van der Waals surface area contributed by atoms with Gasteiger partial charge in [-0.25, -0.2) is 0 Å². The topological polar surface area (TPSA) is 42.2 Å². The molecule has 0 spiro atoms. The minimum atomic E-state index is -4.85. The Morgan fingerprint density at radius 1 is 0.938 bits per heavy atom. The Kier molecular flexibility index (Phi) is 7.61. The average Bonchev–Trinajstić information content (AvgIpc) is 2.72. The van der Waals surface area contributed by atoms with Crippen molar-refractivity contribution < 1.29 is 18.3 Å². The Balaban J connectivity index is 0.00000176. The van der Waals surface area contributed by atoms with Crippen LogP contribution in [0.3, 0.4) is 0 Å². The summed E-state index contributed by atoms with van der Waals surface area (Å²) in [4.78, 5) is 12.1. The Bertz CT molecular complexity index is 1130. The highest BCUT2D eigenvalue weighted by molar-refractivity contribution is 5.78. The van der Waals surface area contributed by atoms with Gasteiger partial charge in [0.2, 0.25) is 0 Å². The van der Waals surface area contributed by atoms with E-state index in [0.29, 0.717) is 10.9 Å². The zero-order valence-corrected chi connectivity index (χ0v) is 19.5. The molecule has 0 aliphatic heterocycles. The number of hydrogen-bond donors (Lipinski definition) is 1. The summed E-state index contributed by atoms with van der Waals surface area (Å²) in [5.74, 6) is 0. The van der Waals surface area contributed by atoms with Crippen molar-refractivity contribution in [2.75, 3.05) is 0 Å². The Morgan fingerprint density at radius 3 is 2.16 bits per heavy atom. The summed E-state index contributed by atoms with van der Waals surface area (Å²) in [6, 6.07) is 13.3. The first-order valence-corrected chi connectivity index (χ1v) is 10.8. The summed E-state index contributed by atoms with van der Waals surface area (Å²) in [6.45, 7) is 10.6. The van der Waals surface area contributed by atoms with Crippen LogP contribution in [0.5, 0.6) is 0 Å². The van der Waals surface area contributed by atoms with Crippen molar-refractivity contribution in [3.8, 4) is 0 Å². The normalized spacial score (nSPS) is 13.9. The molecule has 0 bridgehead atoms. The van der Waals surface area contributed by atoms with E-state index in [0.717, 1.165) is 16.7 Å². The smallest absolute Gasteiger partial charge is 0.379 e. The minimum absolute atomic E-state index is 0.271. The van der Waals surface area contributed by atoms with Crippen LogP contribution in [-0.4, -0.2) is 21.5 Å². The summed E-state index contributed by atoms with van der Waals surface area (Å²) in [5, 5.41) is 11.2. The molecule has 0 radical (unpaired) electrons. The zero-order chi connectivity index (χ0) is 24.3. The summed E-state index contributed by atoms with van der Waals surface area (Å²) >= 11 is 0. The number of para-hydroxylation sites is 1. The van der Waals surface area contributed by atoms with Gasteiger partial charge in [-0.2, -0.15) is 13.2 Å². The largest absolute Gasteiger partial charge is 0.418 e. The summed E-state index contributed by atoms with van der Waals surface area (Å²) in [5.41, 5.74) is -1.05. The monoisotopic (exact) mass is 447 g/mol. The van der Waals surface area contributed by atoms with Crippen LogP contribution in [0.25, 0.3) is 10.9 Å². The second kappa shape index (κ2) is 9.49. The van der Waals surface area contributed by atoms with Gasteiger partial charge >= 0.3 is 6.18 Å². The minimum Gasteiger partial charge on any atom is -0.379 e. The van der Waals surface area contributed by atoms with E-state index >= 15 is 0 Å². The van der Waals surface area contributed by atoms with Crippen LogP contribution in [0.2, 0.25) is 0 Å². The van der Waals surface area contributed by atoms with E-state index in [2.05, 4.69) is 0 Å². The zero-order valence-electron chi connectivity index (χ0n) is 19.5. The fourth-order valence-electron chi connectivity index (χ4n) is 3.92. The van der Waals surface area contributed by atoms with E-state index in [9.17, 15) is 23.1 Å². The average molecular weight is 448 g/mol. The second-order valence-corrected chi connectivity index (χ2v) is 8.71. The van der Waals surface area contributed by atoms with Crippen molar-refractivity contribution in [3.05, 3.63) is 81.6 Å². The van der Waals surface area contributed by atoms with E-state index in [1.807, 2.05) is 45.9 Å². The molecule has 1 N–H and O–H groups in total. The predicted molar refractivity (Wildman–Crippen MR) is 124 cm³/mol. The summed E-state index contributed by atoms with van der Waals surface area (Å²) < 4.78 is 43.7. The molecule has 3 aromatic rings. The molecule has 3 nitrogen and oxygen atoms in total. The van der Waals surface area contributed by atoms with Crippen molar-refractivity contribution in [1.29, 1.82) is 0 Å². The number of aliphatic hydroxyl groups is 1. The summed E-state index contributed by atoms with van der Waals surface area (Å²) in [7, 11) is 0. The maximum absolute atomic E-state index is 14.1. The highest BCUT2D eigenvalue weighted by Gasteiger charge is 2.56. The van der Waals surface area contributed by atoms with Gasteiger partial charge in [0.25, 0.3) is 0 Å². The number of benzene rings is 2. The molecule has 2 aromatic carbocycles. The van der Waals surface area contributed by atoms with Gasteiger partial charge in [0, 0.05) is 17.6 Å². The molecule has 32 heavy (non-hydrogen) atoms. The first kappa shape index (κ1) is 25.7. The number of halogens is 3. The lowest BCUT2D eigenvalue weighted by Gasteiger charge is -2.38. The van der Waals surface area contributed by atoms with Crippen molar-refractivity contribution in [3.63, 3.8) is 0 Å². The van der Waals surface area contributed by atoms with Gasteiger partial charge in [0.15, 0.2) is 11.0 Å². The van der Waals surface area contributed by atoms with Gasteiger partial charge < -0.3 is 9.67 Å². The number of rotatable bonds is 5. The van der Waals surface area contributed by atoms with Crippen molar-refractivity contribution >= 4 is 10.9 Å². The lowest BCUT2D eigenvalue weighted by Crippen LogP contribution is -2.52. The van der Waals surface area contributed by atoms with E-state index in [1.54, 1.807) is 38.1 Å². The van der Waals surface area contributed by atoms with E-state index in [4.69, 9.17) is 0 Å². The number of hydrogen-bond acceptors (Lipinski definition) is 2. The van der Waals surface area contributed by atoms with Gasteiger partial charge in [0.1, 0.15) is 0 Å². The lowest BCUT2D eigenvalue weighted by molar-refractivity contribution is -0.271. The number of alkyl halides is 3. The molecule has 1 heterocycles. The number of pyridine rings is 1. The van der Waals surface area contributed by atoms with Crippen molar-refractivity contribution in [2.45, 2.75) is 71.7 Å². The van der Waals surface area contributed by atoms with Crippen LogP contribution in [0.4, 0.5) is 13.2 Å². The molecule has 1 atom stereocenters. The molecular weight excluding hydrogens is 415 g/mol. The second-order valence-electron chi connectivity index (χ2n) is 8.71. The van der Waals surface area contributed by atoms with Crippen molar-refractivity contribution in [1.82, 2.24) is 4.57 Å². The third-order valence-electron chi connectivity index (χ3n) is 5.87. The fourth-order valence-corrected chi connectivity index (χ4v) is 3.92. The number of aromatic nitrogens is 1. The standard InChI is InChI=1S/C24H26F3NO2.C2H6/c1-16-9-10-18(13-17(16)2)22(3,4)14-23(30,24(25,26)27)15-28-12-11-21(29)19-7-5-6-8-20(19)28;1-2/h5-13,30H,14-15H2,1-4H3;1-2H3. The van der Waals surface area contributed by atoms with Gasteiger partial charge in [-0.3, -0.25) is 4.79 Å². The fraction of sp³-hybridized carbons (Fsp3) is 0.423. The first-order valence-electron chi connectivity index (χ1n) is 10.8. The van der Waals surface area contributed by atoms with Gasteiger partial charge in [0.05, 0.1) is 12.1 Å². The molecule has 0 amide bonds. The van der Waals surface area contributed by atoms with Crippen LogP contribution in [-0.2, 0) is 12.0 Å². The number of aryl methyl sites for hydroxylation is 2. The molecule has 174 valence electrons. The van der Waals surface area contributed by atoms with Crippen LogP contribution in [0.1, 0.15) is 50.8 Å². The SMILES string of the molecule is CC.Cc1ccc(C(C)(C)CC(O)(Cn2ccc(=O)c3ccccc32)C(F)(F)F)cc1C. The third-order valence-corrected chi connectivity index (χ3v) is 5.87. The Hall–Kier alpha value is -2.60. The molecule has 1 aromatic heterocycles. The van der Waals surface area contributed by atoms with Crippen LogP contribution < -0.4 is 5.43 Å². The quantitative estimate of drug-likeness (QED) is 0.498. The molecule has 6 heteroatoms. The van der Waals surface area contributed by atoms with Crippen LogP contribution in [0, 0.1) is 13.8 Å². The van der Waals surface area contributed by atoms with Crippen LogP contribution >= 0.6 is 0 Å². The Morgan fingerprint density at radius 2 is 1.56 bits per heavy atom. The molecule has 0 saturated heterocycles.